The van der Waals surface area contributed by atoms with Crippen molar-refractivity contribution in [3.63, 3.8) is 0 Å². The van der Waals surface area contributed by atoms with Crippen LogP contribution < -0.4 is 5.73 Å². The number of unbranched alkanes of at least 4 members (excludes halogenated alkanes) is 1. The molecule has 1 aliphatic heterocycles. The van der Waals surface area contributed by atoms with Gasteiger partial charge in [-0.15, -0.1) is 11.8 Å². The Bertz CT molecular complexity index is 386. The molecule has 2 N–H and O–H groups in total. The predicted molar refractivity (Wildman–Crippen MR) is 82.5 cm³/mol. The molecule has 19 heavy (non-hydrogen) atoms. The minimum Gasteiger partial charge on any atom is -0.338 e. The average molecular weight is 301 g/mol. The lowest BCUT2D eigenvalue weighted by molar-refractivity contribution is 0.342. The minimum absolute atomic E-state index is 0.109. The van der Waals surface area contributed by atoms with Crippen molar-refractivity contribution in [3.8, 4) is 0 Å². The molecule has 0 aromatic carbocycles. The summed E-state index contributed by atoms with van der Waals surface area (Å²) in [6.07, 6.45) is 4.31. The Labute approximate surface area is 123 Å². The molecule has 1 aliphatic rings. The highest BCUT2D eigenvalue weighted by molar-refractivity contribution is 8.06. The number of hydrogen-bond acceptors (Lipinski definition) is 6. The van der Waals surface area contributed by atoms with Crippen LogP contribution in [0.1, 0.15) is 62.5 Å². The van der Waals surface area contributed by atoms with Gasteiger partial charge in [0, 0.05) is 16.8 Å². The third kappa shape index (κ3) is 3.89. The smallest absolute Gasteiger partial charge is 0.243 e. The molecule has 1 saturated heterocycles. The molecule has 0 bridgehead atoms. The van der Waals surface area contributed by atoms with Crippen molar-refractivity contribution < 1.29 is 4.52 Å². The normalized spacial score (nSPS) is 25.4. The zero-order chi connectivity index (χ0) is 13.7. The molecule has 0 saturated carbocycles. The minimum atomic E-state index is -0.109. The summed E-state index contributed by atoms with van der Waals surface area (Å²) in [7, 11) is 0. The van der Waals surface area contributed by atoms with E-state index in [1.54, 1.807) is 0 Å². The lowest BCUT2D eigenvalue weighted by Crippen LogP contribution is -2.19. The second kappa shape index (κ2) is 7.55. The van der Waals surface area contributed by atoms with Gasteiger partial charge in [0.1, 0.15) is 0 Å². The maximum atomic E-state index is 6.08. The van der Waals surface area contributed by atoms with Gasteiger partial charge in [-0.05, 0) is 12.8 Å². The number of nitrogens with two attached hydrogens (primary N) is 1. The maximum absolute atomic E-state index is 6.08. The molecule has 1 aromatic rings. The maximum Gasteiger partial charge on any atom is 0.243 e. The van der Waals surface area contributed by atoms with Crippen molar-refractivity contribution >= 4 is 23.5 Å². The van der Waals surface area contributed by atoms with Crippen LogP contribution in [0, 0.1) is 0 Å². The first-order valence-corrected chi connectivity index (χ1v) is 9.18. The molecule has 1 aromatic heterocycles. The van der Waals surface area contributed by atoms with Crippen molar-refractivity contribution in [2.24, 2.45) is 5.73 Å². The van der Waals surface area contributed by atoms with Crippen molar-refractivity contribution in [2.75, 3.05) is 11.5 Å². The number of rotatable bonds is 6. The Hall–Kier alpha value is -0.200. The standard InChI is InChI=1S/C13H23N3OS2/c1-3-5-6-9(14)13-15-12(16-17-13)11-10(4-2)18-7-8-19-11/h9-11H,3-8,14H2,1-2H3. The Kier molecular flexibility index (Phi) is 6.04. The van der Waals surface area contributed by atoms with E-state index in [1.165, 1.54) is 5.75 Å². The number of aromatic nitrogens is 2. The summed E-state index contributed by atoms with van der Waals surface area (Å²) < 4.78 is 5.36. The van der Waals surface area contributed by atoms with Gasteiger partial charge in [0.25, 0.3) is 0 Å². The van der Waals surface area contributed by atoms with Gasteiger partial charge < -0.3 is 10.3 Å². The SMILES string of the molecule is CCCCC(N)c1nc(C2SCCSC2CC)no1. The zero-order valence-electron chi connectivity index (χ0n) is 11.7. The fourth-order valence-electron chi connectivity index (χ4n) is 2.20. The lowest BCUT2D eigenvalue weighted by Gasteiger charge is -2.27. The van der Waals surface area contributed by atoms with E-state index in [1.807, 2.05) is 23.5 Å². The fourth-order valence-corrected chi connectivity index (χ4v) is 5.18. The van der Waals surface area contributed by atoms with Gasteiger partial charge in [-0.25, -0.2) is 0 Å². The Morgan fingerprint density at radius 2 is 2.16 bits per heavy atom. The van der Waals surface area contributed by atoms with E-state index in [9.17, 15) is 0 Å². The van der Waals surface area contributed by atoms with Crippen LogP contribution in [0.2, 0.25) is 0 Å². The number of thioether (sulfide) groups is 2. The molecule has 3 unspecified atom stereocenters. The summed E-state index contributed by atoms with van der Waals surface area (Å²) in [5, 5.41) is 5.12. The van der Waals surface area contributed by atoms with Gasteiger partial charge in [0.2, 0.25) is 5.89 Å². The Morgan fingerprint density at radius 1 is 1.37 bits per heavy atom. The summed E-state index contributed by atoms with van der Waals surface area (Å²) in [4.78, 5) is 4.55. The highest BCUT2D eigenvalue weighted by atomic mass is 32.2. The van der Waals surface area contributed by atoms with Crippen LogP contribution in [0.3, 0.4) is 0 Å². The highest BCUT2D eigenvalue weighted by Gasteiger charge is 2.30. The predicted octanol–water partition coefficient (Wildman–Crippen LogP) is 3.56. The van der Waals surface area contributed by atoms with Crippen molar-refractivity contribution in [3.05, 3.63) is 11.7 Å². The first-order chi connectivity index (χ1) is 9.26. The van der Waals surface area contributed by atoms with Gasteiger partial charge in [0.05, 0.1) is 11.3 Å². The molecule has 2 rings (SSSR count). The van der Waals surface area contributed by atoms with E-state index in [0.717, 1.165) is 37.3 Å². The third-order valence-electron chi connectivity index (χ3n) is 3.35. The molecule has 3 atom stereocenters. The molecule has 108 valence electrons. The van der Waals surface area contributed by atoms with Crippen molar-refractivity contribution in [1.29, 1.82) is 0 Å². The van der Waals surface area contributed by atoms with Gasteiger partial charge in [0.15, 0.2) is 5.82 Å². The summed E-state index contributed by atoms with van der Waals surface area (Å²) in [5.41, 5.74) is 6.08. The van der Waals surface area contributed by atoms with Crippen LogP contribution in [0.4, 0.5) is 0 Å². The second-order valence-corrected chi connectivity index (χ2v) is 7.44. The van der Waals surface area contributed by atoms with Crippen molar-refractivity contribution in [1.82, 2.24) is 10.1 Å². The molecule has 4 nitrogen and oxygen atoms in total. The van der Waals surface area contributed by atoms with E-state index >= 15 is 0 Å². The van der Waals surface area contributed by atoms with E-state index in [4.69, 9.17) is 10.3 Å². The third-order valence-corrected chi connectivity index (χ3v) is 6.59. The molecule has 0 aliphatic carbocycles. The molecule has 0 radical (unpaired) electrons. The molecule has 1 fully saturated rings. The van der Waals surface area contributed by atoms with Crippen LogP contribution in [0.25, 0.3) is 0 Å². The summed E-state index contributed by atoms with van der Waals surface area (Å²) in [6.45, 7) is 4.39. The van der Waals surface area contributed by atoms with E-state index < -0.39 is 0 Å². The summed E-state index contributed by atoms with van der Waals surface area (Å²) in [5.74, 6) is 3.83. The second-order valence-electron chi connectivity index (χ2n) is 4.85. The Morgan fingerprint density at radius 3 is 2.89 bits per heavy atom. The quantitative estimate of drug-likeness (QED) is 0.866. The number of hydrogen-bond donors (Lipinski definition) is 1. The highest BCUT2D eigenvalue weighted by Crippen LogP contribution is 2.43. The molecule has 0 amide bonds. The molecule has 2 heterocycles. The first-order valence-electron chi connectivity index (χ1n) is 7.08. The van der Waals surface area contributed by atoms with Gasteiger partial charge >= 0.3 is 0 Å². The monoisotopic (exact) mass is 301 g/mol. The molecule has 6 heteroatoms. The topological polar surface area (TPSA) is 64.9 Å². The summed E-state index contributed by atoms with van der Waals surface area (Å²) >= 11 is 3.97. The van der Waals surface area contributed by atoms with E-state index in [0.29, 0.717) is 16.4 Å². The largest absolute Gasteiger partial charge is 0.338 e. The van der Waals surface area contributed by atoms with Crippen LogP contribution in [-0.4, -0.2) is 26.9 Å². The molecular weight excluding hydrogens is 278 g/mol. The number of nitrogens with zero attached hydrogens (tertiary/aromatic N) is 2. The van der Waals surface area contributed by atoms with E-state index in [-0.39, 0.29) is 6.04 Å². The Balaban J connectivity index is 2.02. The lowest BCUT2D eigenvalue weighted by atomic mass is 10.1. The molecular formula is C13H23N3OS2. The average Bonchev–Trinajstić information content (AvgIpc) is 2.94. The van der Waals surface area contributed by atoms with Crippen LogP contribution in [-0.2, 0) is 0 Å². The van der Waals surface area contributed by atoms with Crippen LogP contribution in [0.15, 0.2) is 4.52 Å². The van der Waals surface area contributed by atoms with Crippen LogP contribution in [0.5, 0.6) is 0 Å². The summed E-state index contributed by atoms with van der Waals surface area (Å²) in [6, 6.07) is -0.109. The fraction of sp³-hybridized carbons (Fsp3) is 0.846. The van der Waals surface area contributed by atoms with Gasteiger partial charge in [-0.2, -0.15) is 16.7 Å². The van der Waals surface area contributed by atoms with Gasteiger partial charge in [-0.3, -0.25) is 0 Å². The van der Waals surface area contributed by atoms with Crippen LogP contribution >= 0.6 is 23.5 Å². The first kappa shape index (κ1) is 15.2. The zero-order valence-corrected chi connectivity index (χ0v) is 13.3. The van der Waals surface area contributed by atoms with Gasteiger partial charge in [-0.1, -0.05) is 31.8 Å². The van der Waals surface area contributed by atoms with Crippen molar-refractivity contribution in [2.45, 2.75) is 56.1 Å². The van der Waals surface area contributed by atoms with E-state index in [2.05, 4.69) is 24.0 Å². The molecule has 0 spiro atoms.